The fourth-order valence-corrected chi connectivity index (χ4v) is 3.16. The summed E-state index contributed by atoms with van der Waals surface area (Å²) >= 11 is 0. The van der Waals surface area contributed by atoms with Crippen LogP contribution in [0.15, 0.2) is 59.8 Å². The quantitative estimate of drug-likeness (QED) is 0.582. The van der Waals surface area contributed by atoms with E-state index in [0.717, 1.165) is 0 Å². The van der Waals surface area contributed by atoms with Gasteiger partial charge in [0.2, 0.25) is 17.6 Å². The molecule has 3 heterocycles. The topological polar surface area (TPSA) is 104 Å². The molecule has 8 nitrogen and oxygen atoms in total. The second-order valence-corrected chi connectivity index (χ2v) is 7.00. The first kappa shape index (κ1) is 20.6. The number of carbonyl (C=O) groups excluding carboxylic acids is 1. The predicted octanol–water partition coefficient (Wildman–Crippen LogP) is 3.23. The fraction of sp³-hybridized carbons (Fsp3) is 0.238. The van der Waals surface area contributed by atoms with E-state index >= 15 is 0 Å². The first-order chi connectivity index (χ1) is 14.9. The van der Waals surface area contributed by atoms with Gasteiger partial charge in [0.05, 0.1) is 24.2 Å². The van der Waals surface area contributed by atoms with Crippen molar-refractivity contribution in [2.24, 2.45) is 0 Å². The number of hydrogen-bond acceptors (Lipinski definition) is 7. The van der Waals surface area contributed by atoms with Gasteiger partial charge in [0, 0.05) is 18.7 Å². The number of aliphatic hydroxyl groups is 1. The molecule has 1 fully saturated rings. The second kappa shape index (κ2) is 8.23. The van der Waals surface area contributed by atoms with Crippen LogP contribution in [0.5, 0.6) is 0 Å². The molecule has 0 aliphatic carbocycles. The highest BCUT2D eigenvalue weighted by atomic mass is 19.3. The minimum absolute atomic E-state index is 0.110. The third kappa shape index (κ3) is 4.29. The van der Waals surface area contributed by atoms with E-state index in [-0.39, 0.29) is 11.6 Å². The lowest BCUT2D eigenvalue weighted by molar-refractivity contribution is 0.0274. The summed E-state index contributed by atoms with van der Waals surface area (Å²) in [4.78, 5) is 26.9. The second-order valence-electron chi connectivity index (χ2n) is 7.00. The Morgan fingerprint density at radius 2 is 2.00 bits per heavy atom. The third-order valence-electron chi connectivity index (χ3n) is 4.76. The first-order valence-corrected chi connectivity index (χ1v) is 9.52. The zero-order chi connectivity index (χ0) is 22.0. The maximum atomic E-state index is 14.3. The average Bonchev–Trinajstić information content (AvgIpc) is 3.42. The molecule has 1 aliphatic rings. The van der Waals surface area contributed by atoms with Crippen molar-refractivity contribution in [1.82, 2.24) is 15.0 Å². The van der Waals surface area contributed by atoms with Crippen molar-refractivity contribution in [3.8, 4) is 11.5 Å². The molecule has 0 bridgehead atoms. The number of nitrogens with one attached hydrogen (secondary N) is 1. The largest absolute Gasteiger partial charge is 0.433 e. The molecule has 160 valence electrons. The van der Waals surface area contributed by atoms with Crippen LogP contribution in [0.1, 0.15) is 22.7 Å². The summed E-state index contributed by atoms with van der Waals surface area (Å²) in [6.07, 6.45) is 3.29. The summed E-state index contributed by atoms with van der Waals surface area (Å²) in [5.41, 5.74) is 0.0873. The Labute approximate surface area is 176 Å². The molecule has 10 heteroatoms. The van der Waals surface area contributed by atoms with Crippen molar-refractivity contribution >= 4 is 17.5 Å². The van der Waals surface area contributed by atoms with Crippen LogP contribution < -0.4 is 10.2 Å². The van der Waals surface area contributed by atoms with Crippen LogP contribution >= 0.6 is 0 Å². The molecule has 0 spiro atoms. The van der Waals surface area contributed by atoms with Crippen molar-refractivity contribution in [3.05, 3.63) is 66.8 Å². The SMILES string of the molecule is C=CC(F)(F)c1oc(-c2ccccc2)nc1C(=O)Nc1cnc(N2CC[C@H](O)C2)nc1. The van der Waals surface area contributed by atoms with E-state index in [2.05, 4.69) is 26.8 Å². The number of aliphatic hydroxyl groups excluding tert-OH is 1. The predicted molar refractivity (Wildman–Crippen MR) is 109 cm³/mol. The van der Waals surface area contributed by atoms with Gasteiger partial charge < -0.3 is 19.7 Å². The molecule has 31 heavy (non-hydrogen) atoms. The van der Waals surface area contributed by atoms with Gasteiger partial charge in [-0.05, 0) is 24.6 Å². The number of oxazole rings is 1. The Kier molecular flexibility index (Phi) is 5.47. The molecule has 1 atom stereocenters. The van der Waals surface area contributed by atoms with Crippen LogP contribution in [-0.4, -0.2) is 45.2 Å². The number of rotatable bonds is 6. The van der Waals surface area contributed by atoms with Crippen LogP contribution in [0.3, 0.4) is 0 Å². The minimum atomic E-state index is -3.59. The van der Waals surface area contributed by atoms with E-state index in [1.165, 1.54) is 12.4 Å². The third-order valence-corrected chi connectivity index (χ3v) is 4.76. The Morgan fingerprint density at radius 1 is 1.29 bits per heavy atom. The Bertz CT molecular complexity index is 1090. The summed E-state index contributed by atoms with van der Waals surface area (Å²) in [6, 6.07) is 8.41. The van der Waals surface area contributed by atoms with Gasteiger partial charge in [-0.1, -0.05) is 24.8 Å². The van der Waals surface area contributed by atoms with Gasteiger partial charge in [-0.15, -0.1) is 0 Å². The number of β-amino-alcohol motifs (C(OH)–C–C–N with tert-alkyl or cyclic N) is 1. The molecule has 0 saturated carbocycles. The number of halogens is 2. The number of nitrogens with zero attached hydrogens (tertiary/aromatic N) is 4. The molecular formula is C21H19F2N5O3. The maximum absolute atomic E-state index is 14.3. The number of anilines is 2. The average molecular weight is 427 g/mol. The fourth-order valence-electron chi connectivity index (χ4n) is 3.16. The van der Waals surface area contributed by atoms with Gasteiger partial charge in [-0.2, -0.15) is 8.78 Å². The number of hydrogen-bond donors (Lipinski definition) is 2. The smallest absolute Gasteiger partial charge is 0.325 e. The summed E-state index contributed by atoms with van der Waals surface area (Å²) < 4.78 is 34.0. The molecule has 2 N–H and O–H groups in total. The van der Waals surface area contributed by atoms with E-state index in [0.29, 0.717) is 37.1 Å². The molecule has 1 saturated heterocycles. The molecule has 2 aromatic heterocycles. The van der Waals surface area contributed by atoms with Crippen LogP contribution in [0.4, 0.5) is 20.4 Å². The molecule has 1 aliphatic heterocycles. The number of carbonyl (C=O) groups is 1. The lowest BCUT2D eigenvalue weighted by atomic mass is 10.2. The van der Waals surface area contributed by atoms with Gasteiger partial charge in [0.25, 0.3) is 5.91 Å². The minimum Gasteiger partial charge on any atom is -0.433 e. The summed E-state index contributed by atoms with van der Waals surface area (Å²) in [7, 11) is 0. The van der Waals surface area contributed by atoms with E-state index in [1.54, 1.807) is 30.3 Å². The zero-order valence-electron chi connectivity index (χ0n) is 16.3. The Hall–Kier alpha value is -3.66. The zero-order valence-corrected chi connectivity index (χ0v) is 16.3. The number of aromatic nitrogens is 3. The van der Waals surface area contributed by atoms with E-state index < -0.39 is 29.4 Å². The van der Waals surface area contributed by atoms with Crippen LogP contribution in [-0.2, 0) is 5.92 Å². The van der Waals surface area contributed by atoms with Gasteiger partial charge >= 0.3 is 5.92 Å². The summed E-state index contributed by atoms with van der Waals surface area (Å²) in [5.74, 6) is -5.09. The van der Waals surface area contributed by atoms with Gasteiger partial charge in [0.15, 0.2) is 5.69 Å². The van der Waals surface area contributed by atoms with Crippen molar-refractivity contribution < 1.29 is 23.1 Å². The number of allylic oxidation sites excluding steroid dienone is 1. The Balaban J connectivity index is 1.59. The van der Waals surface area contributed by atoms with Crippen LogP contribution in [0, 0.1) is 0 Å². The van der Waals surface area contributed by atoms with E-state index in [1.807, 2.05) is 4.90 Å². The lowest BCUT2D eigenvalue weighted by Gasteiger charge is -2.15. The summed E-state index contributed by atoms with van der Waals surface area (Å²) in [6.45, 7) is 4.16. The van der Waals surface area contributed by atoms with Gasteiger partial charge in [-0.3, -0.25) is 4.79 Å². The van der Waals surface area contributed by atoms with Gasteiger partial charge in [0.1, 0.15) is 0 Å². The van der Waals surface area contributed by atoms with E-state index in [4.69, 9.17) is 4.42 Å². The highest BCUT2D eigenvalue weighted by molar-refractivity contribution is 6.04. The lowest BCUT2D eigenvalue weighted by Crippen LogP contribution is -2.23. The molecular weight excluding hydrogens is 408 g/mol. The van der Waals surface area contributed by atoms with Gasteiger partial charge in [-0.25, -0.2) is 15.0 Å². The number of benzene rings is 1. The normalized spacial score (nSPS) is 16.4. The molecule has 1 aromatic carbocycles. The monoisotopic (exact) mass is 427 g/mol. The molecule has 0 radical (unpaired) electrons. The summed E-state index contributed by atoms with van der Waals surface area (Å²) in [5, 5.41) is 12.1. The van der Waals surface area contributed by atoms with Crippen molar-refractivity contribution in [2.45, 2.75) is 18.4 Å². The molecule has 1 amide bonds. The molecule has 3 aromatic rings. The number of alkyl halides is 2. The highest BCUT2D eigenvalue weighted by Crippen LogP contribution is 2.35. The maximum Gasteiger partial charge on any atom is 0.325 e. The van der Waals surface area contributed by atoms with E-state index in [9.17, 15) is 18.7 Å². The Morgan fingerprint density at radius 3 is 2.61 bits per heavy atom. The van der Waals surface area contributed by atoms with Crippen LogP contribution in [0.25, 0.3) is 11.5 Å². The van der Waals surface area contributed by atoms with Crippen molar-refractivity contribution in [3.63, 3.8) is 0 Å². The standard InChI is InChI=1S/C21H19F2N5O3/c1-2-21(22,23)17-16(27-19(31-17)13-6-4-3-5-7-13)18(30)26-14-10-24-20(25-11-14)28-9-8-15(29)12-28/h2-7,10-11,15,29H,1,8-9,12H2,(H,26,30)/t15-/m0/s1. The van der Waals surface area contributed by atoms with Crippen molar-refractivity contribution in [1.29, 1.82) is 0 Å². The van der Waals surface area contributed by atoms with Crippen molar-refractivity contribution in [2.75, 3.05) is 23.3 Å². The molecule has 4 rings (SSSR count). The first-order valence-electron chi connectivity index (χ1n) is 9.52. The highest BCUT2D eigenvalue weighted by Gasteiger charge is 2.39. The number of amides is 1. The molecule has 0 unspecified atom stereocenters. The van der Waals surface area contributed by atoms with Crippen LogP contribution in [0.2, 0.25) is 0 Å².